The number of rotatable bonds is 4. The van der Waals surface area contributed by atoms with Gasteiger partial charge in [-0.25, -0.2) is 0 Å². The first kappa shape index (κ1) is 17.1. The van der Waals surface area contributed by atoms with E-state index in [9.17, 15) is 13.2 Å². The Labute approximate surface area is 149 Å². The minimum Gasteiger partial charge on any atom is -0.377 e. The summed E-state index contributed by atoms with van der Waals surface area (Å²) in [4.78, 5) is 16.5. The summed E-state index contributed by atoms with van der Waals surface area (Å²) >= 11 is 11.8. The lowest BCUT2D eigenvalue weighted by Gasteiger charge is -2.13. The van der Waals surface area contributed by atoms with Gasteiger partial charge >= 0.3 is 10.1 Å². The Morgan fingerprint density at radius 1 is 1.21 bits per heavy atom. The molecule has 2 heterocycles. The number of likely N-dealkylation sites (tertiary alicyclic amines) is 1. The maximum absolute atomic E-state index is 12.4. The maximum atomic E-state index is 12.4. The highest BCUT2D eigenvalue weighted by Gasteiger charge is 2.25. The minimum atomic E-state index is -4.13. The molecule has 1 fully saturated rings. The van der Waals surface area contributed by atoms with Crippen LogP contribution in [0.25, 0.3) is 0 Å². The number of H-pyrrole nitrogens is 1. The Balaban J connectivity index is 1.83. The third-order valence-electron chi connectivity index (χ3n) is 3.68. The van der Waals surface area contributed by atoms with Crippen molar-refractivity contribution in [2.45, 2.75) is 17.7 Å². The van der Waals surface area contributed by atoms with Gasteiger partial charge in [0.2, 0.25) is 0 Å². The number of aromatic nitrogens is 1. The molecule has 1 aromatic carbocycles. The van der Waals surface area contributed by atoms with Crippen molar-refractivity contribution in [2.24, 2.45) is 0 Å². The van der Waals surface area contributed by atoms with E-state index < -0.39 is 10.1 Å². The lowest BCUT2D eigenvalue weighted by molar-refractivity contribution is 0.0787. The SMILES string of the molecule is O=C(c1cc(S(=O)(=O)Oc2cccc(Cl)c2Cl)c[nH]1)N1CCCC1. The van der Waals surface area contributed by atoms with E-state index in [1.165, 1.54) is 30.5 Å². The molecule has 6 nitrogen and oxygen atoms in total. The van der Waals surface area contributed by atoms with Crippen LogP contribution in [0.2, 0.25) is 10.0 Å². The van der Waals surface area contributed by atoms with Crippen molar-refractivity contribution >= 4 is 39.2 Å². The molecule has 0 spiro atoms. The second-order valence-electron chi connectivity index (χ2n) is 5.34. The molecule has 0 aliphatic carbocycles. The first-order valence-corrected chi connectivity index (χ1v) is 9.41. The summed E-state index contributed by atoms with van der Waals surface area (Å²) in [5.74, 6) is -0.299. The summed E-state index contributed by atoms with van der Waals surface area (Å²) in [5.41, 5.74) is 0.205. The lowest BCUT2D eigenvalue weighted by Crippen LogP contribution is -2.27. The van der Waals surface area contributed by atoms with Crippen molar-refractivity contribution in [3.63, 3.8) is 0 Å². The number of hydrogen-bond acceptors (Lipinski definition) is 4. The van der Waals surface area contributed by atoms with Gasteiger partial charge in [-0.05, 0) is 31.0 Å². The summed E-state index contributed by atoms with van der Waals surface area (Å²) in [7, 11) is -4.13. The molecule has 1 aliphatic heterocycles. The fraction of sp³-hybridized carbons (Fsp3) is 0.267. The number of halogens is 2. The van der Waals surface area contributed by atoms with Gasteiger partial charge in [0, 0.05) is 19.3 Å². The average Bonchev–Trinajstić information content (AvgIpc) is 3.22. The first-order valence-electron chi connectivity index (χ1n) is 7.25. The fourth-order valence-corrected chi connectivity index (χ4v) is 3.76. The van der Waals surface area contributed by atoms with E-state index in [1.54, 1.807) is 4.90 Å². The van der Waals surface area contributed by atoms with Crippen LogP contribution in [0, 0.1) is 0 Å². The summed E-state index contributed by atoms with van der Waals surface area (Å²) in [6.45, 7) is 1.35. The van der Waals surface area contributed by atoms with Gasteiger partial charge in [0.15, 0.2) is 5.75 Å². The number of carbonyl (C=O) groups excluding carboxylic acids is 1. The van der Waals surface area contributed by atoms with E-state index in [-0.39, 0.29) is 32.3 Å². The molecule has 1 saturated heterocycles. The van der Waals surface area contributed by atoms with E-state index in [2.05, 4.69) is 4.98 Å². The fourth-order valence-electron chi connectivity index (χ4n) is 2.45. The number of benzene rings is 1. The van der Waals surface area contributed by atoms with Crippen molar-refractivity contribution in [3.05, 3.63) is 46.2 Å². The zero-order valence-corrected chi connectivity index (χ0v) is 14.8. The van der Waals surface area contributed by atoms with Gasteiger partial charge in [0.05, 0.1) is 5.02 Å². The van der Waals surface area contributed by atoms with Gasteiger partial charge in [0.25, 0.3) is 5.91 Å². The molecule has 1 aliphatic rings. The Morgan fingerprint density at radius 3 is 2.62 bits per heavy atom. The molecular weight excluding hydrogens is 375 g/mol. The first-order chi connectivity index (χ1) is 11.4. The summed E-state index contributed by atoms with van der Waals surface area (Å²) in [5, 5.41) is 0.190. The third kappa shape index (κ3) is 3.38. The van der Waals surface area contributed by atoms with Crippen molar-refractivity contribution in [1.29, 1.82) is 0 Å². The van der Waals surface area contributed by atoms with Crippen LogP contribution >= 0.6 is 23.2 Å². The standard InChI is InChI=1S/C15H14Cl2N2O4S/c16-11-4-3-5-13(14(11)17)23-24(21,22)10-8-12(18-9-10)15(20)19-6-1-2-7-19/h3-5,8-9,18H,1-2,6-7H2. The van der Waals surface area contributed by atoms with Crippen LogP contribution in [-0.2, 0) is 10.1 Å². The molecule has 0 bridgehead atoms. The second kappa shape index (κ2) is 6.66. The van der Waals surface area contributed by atoms with Crippen LogP contribution in [0.3, 0.4) is 0 Å². The third-order valence-corrected chi connectivity index (χ3v) is 5.70. The van der Waals surface area contributed by atoms with Crippen LogP contribution in [-0.4, -0.2) is 37.3 Å². The zero-order valence-electron chi connectivity index (χ0n) is 12.5. The Morgan fingerprint density at radius 2 is 1.92 bits per heavy atom. The molecule has 0 radical (unpaired) electrons. The largest absolute Gasteiger partial charge is 0.377 e. The van der Waals surface area contributed by atoms with Crippen LogP contribution in [0.4, 0.5) is 0 Å². The van der Waals surface area contributed by atoms with Gasteiger partial charge in [-0.15, -0.1) is 0 Å². The smallest absolute Gasteiger partial charge is 0.340 e. The Hall–Kier alpha value is -1.70. The molecule has 0 unspecified atom stereocenters. The quantitative estimate of drug-likeness (QED) is 0.814. The van der Waals surface area contributed by atoms with E-state index in [0.29, 0.717) is 13.1 Å². The highest BCUT2D eigenvalue weighted by molar-refractivity contribution is 7.87. The van der Waals surface area contributed by atoms with E-state index in [4.69, 9.17) is 27.4 Å². The van der Waals surface area contributed by atoms with Gasteiger partial charge in [-0.3, -0.25) is 4.79 Å². The summed E-state index contributed by atoms with van der Waals surface area (Å²) in [6.07, 6.45) is 3.12. The number of hydrogen-bond donors (Lipinski definition) is 1. The average molecular weight is 389 g/mol. The highest BCUT2D eigenvalue weighted by Crippen LogP contribution is 2.33. The Bertz CT molecular complexity index is 873. The van der Waals surface area contributed by atoms with Gasteiger partial charge in [0.1, 0.15) is 15.6 Å². The molecule has 1 amide bonds. The molecule has 24 heavy (non-hydrogen) atoms. The Kier molecular flexibility index (Phi) is 4.76. The highest BCUT2D eigenvalue weighted by atomic mass is 35.5. The topological polar surface area (TPSA) is 79.5 Å². The van der Waals surface area contributed by atoms with Crippen LogP contribution < -0.4 is 4.18 Å². The number of nitrogens with zero attached hydrogens (tertiary/aromatic N) is 1. The van der Waals surface area contributed by atoms with E-state index in [1.807, 2.05) is 0 Å². The second-order valence-corrected chi connectivity index (χ2v) is 7.67. The molecular formula is C15H14Cl2N2O4S. The van der Waals surface area contributed by atoms with Gasteiger partial charge in [-0.1, -0.05) is 29.3 Å². The molecule has 2 aromatic rings. The van der Waals surface area contributed by atoms with Crippen LogP contribution in [0.5, 0.6) is 5.75 Å². The predicted molar refractivity (Wildman–Crippen MR) is 90.2 cm³/mol. The molecule has 3 rings (SSSR count). The van der Waals surface area contributed by atoms with Crippen LogP contribution in [0.15, 0.2) is 35.4 Å². The van der Waals surface area contributed by atoms with Crippen LogP contribution in [0.1, 0.15) is 23.3 Å². The monoisotopic (exact) mass is 388 g/mol. The summed E-state index contributed by atoms with van der Waals surface area (Å²) < 4.78 is 29.7. The molecule has 1 aromatic heterocycles. The van der Waals surface area contributed by atoms with Crippen molar-refractivity contribution in [3.8, 4) is 5.75 Å². The van der Waals surface area contributed by atoms with Gasteiger partial charge in [-0.2, -0.15) is 8.42 Å². The number of carbonyl (C=O) groups is 1. The van der Waals surface area contributed by atoms with E-state index in [0.717, 1.165) is 12.8 Å². The zero-order chi connectivity index (χ0) is 17.3. The predicted octanol–water partition coefficient (Wildman–Crippen LogP) is 3.33. The molecule has 0 atom stereocenters. The van der Waals surface area contributed by atoms with Crippen molar-refractivity contribution in [1.82, 2.24) is 9.88 Å². The molecule has 9 heteroatoms. The number of aromatic amines is 1. The molecule has 0 saturated carbocycles. The summed E-state index contributed by atoms with van der Waals surface area (Å²) in [6, 6.07) is 5.70. The minimum absolute atomic E-state index is 0.00615. The molecule has 128 valence electrons. The number of amides is 1. The number of nitrogens with one attached hydrogen (secondary N) is 1. The van der Waals surface area contributed by atoms with E-state index >= 15 is 0 Å². The maximum Gasteiger partial charge on any atom is 0.340 e. The van der Waals surface area contributed by atoms with Crippen molar-refractivity contribution in [2.75, 3.05) is 13.1 Å². The van der Waals surface area contributed by atoms with Gasteiger partial charge < -0.3 is 14.1 Å². The van der Waals surface area contributed by atoms with Crippen molar-refractivity contribution < 1.29 is 17.4 Å². The lowest BCUT2D eigenvalue weighted by atomic mass is 10.3. The normalized spacial score (nSPS) is 14.8. The molecule has 1 N–H and O–H groups in total.